The van der Waals surface area contributed by atoms with Gasteiger partial charge < -0.3 is 14.1 Å². The predicted octanol–water partition coefficient (Wildman–Crippen LogP) is 3.32. The summed E-state index contributed by atoms with van der Waals surface area (Å²) in [5, 5.41) is 7.21. The minimum absolute atomic E-state index is 0.191. The van der Waals surface area contributed by atoms with Crippen molar-refractivity contribution in [3.63, 3.8) is 0 Å². The van der Waals surface area contributed by atoms with E-state index in [4.69, 9.17) is 4.42 Å². The predicted molar refractivity (Wildman–Crippen MR) is 111 cm³/mol. The van der Waals surface area contributed by atoms with E-state index in [2.05, 4.69) is 20.4 Å². The molecule has 5 heterocycles. The van der Waals surface area contributed by atoms with Crippen LogP contribution in [0.1, 0.15) is 15.9 Å². The Bertz CT molecular complexity index is 1320. The molecule has 0 aliphatic carbocycles. The molecule has 0 aliphatic heterocycles. The Balaban J connectivity index is 1.57. The number of hydrogen-bond donors (Lipinski definition) is 1. The fourth-order valence-corrected chi connectivity index (χ4v) is 3.45. The van der Waals surface area contributed by atoms with Gasteiger partial charge in [-0.05, 0) is 23.8 Å². The largest absolute Gasteiger partial charge is 0.451 e. The number of oxazole rings is 1. The summed E-state index contributed by atoms with van der Waals surface area (Å²) in [4.78, 5) is 21.4. The van der Waals surface area contributed by atoms with Crippen LogP contribution in [0.5, 0.6) is 0 Å². The van der Waals surface area contributed by atoms with E-state index in [1.165, 1.54) is 12.7 Å². The molecule has 0 bridgehead atoms. The Hall–Kier alpha value is -4.20. The van der Waals surface area contributed by atoms with Crippen molar-refractivity contribution in [3.05, 3.63) is 85.1 Å². The Kier molecular flexibility index (Phi) is 4.36. The number of nitrogens with one attached hydrogen (secondary N) is 1. The summed E-state index contributed by atoms with van der Waals surface area (Å²) in [6.45, 7) is 0.387. The summed E-state index contributed by atoms with van der Waals surface area (Å²) < 4.78 is 8.90. The van der Waals surface area contributed by atoms with E-state index in [1.807, 2.05) is 60.4 Å². The standard InChI is InChI=1S/C22H18N6O2/c1-27-11-17(10-26-27)16-4-5-18-7-19(21(28(18)12-16)20-13-30-14-25-20)22(29)24-9-15-3-2-6-23-8-15/h2-8,10-14H,9H2,1H3,(H,24,29). The Morgan fingerprint density at radius 1 is 1.17 bits per heavy atom. The number of aryl methyl sites for hydroxylation is 1. The maximum Gasteiger partial charge on any atom is 0.253 e. The number of fused-ring (bicyclic) bond motifs is 1. The molecule has 1 amide bonds. The number of carbonyl (C=O) groups excluding carboxylic acids is 1. The molecule has 148 valence electrons. The van der Waals surface area contributed by atoms with Crippen LogP contribution in [-0.2, 0) is 13.6 Å². The first-order valence-corrected chi connectivity index (χ1v) is 9.39. The van der Waals surface area contributed by atoms with Crippen LogP contribution in [0, 0.1) is 0 Å². The van der Waals surface area contributed by atoms with E-state index in [1.54, 1.807) is 17.1 Å². The van der Waals surface area contributed by atoms with Crippen LogP contribution in [-0.4, -0.2) is 30.1 Å². The summed E-state index contributed by atoms with van der Waals surface area (Å²) in [6, 6.07) is 9.60. The molecule has 8 nitrogen and oxygen atoms in total. The number of carbonyl (C=O) groups is 1. The van der Waals surface area contributed by atoms with E-state index < -0.39 is 0 Å². The number of hydrogen-bond acceptors (Lipinski definition) is 5. The van der Waals surface area contributed by atoms with Gasteiger partial charge in [0.05, 0.1) is 17.5 Å². The molecule has 0 radical (unpaired) electrons. The number of pyridine rings is 2. The Morgan fingerprint density at radius 2 is 2.10 bits per heavy atom. The second-order valence-electron chi connectivity index (χ2n) is 6.94. The van der Waals surface area contributed by atoms with Gasteiger partial charge in [0.2, 0.25) is 0 Å². The Labute approximate surface area is 171 Å². The third-order valence-electron chi connectivity index (χ3n) is 4.90. The molecule has 0 aromatic carbocycles. The molecule has 5 rings (SSSR count). The first-order chi connectivity index (χ1) is 14.7. The van der Waals surface area contributed by atoms with Gasteiger partial charge in [0.1, 0.15) is 12.0 Å². The van der Waals surface area contributed by atoms with Crippen molar-refractivity contribution < 1.29 is 9.21 Å². The highest BCUT2D eigenvalue weighted by atomic mass is 16.3. The topological polar surface area (TPSA) is 90.2 Å². The lowest BCUT2D eigenvalue weighted by atomic mass is 10.1. The normalized spacial score (nSPS) is 11.1. The maximum atomic E-state index is 13.0. The first-order valence-electron chi connectivity index (χ1n) is 9.39. The fourth-order valence-electron chi connectivity index (χ4n) is 3.45. The Morgan fingerprint density at radius 3 is 2.83 bits per heavy atom. The van der Waals surface area contributed by atoms with Gasteiger partial charge in [-0.25, -0.2) is 4.98 Å². The third kappa shape index (κ3) is 3.24. The van der Waals surface area contributed by atoms with Crippen molar-refractivity contribution in [1.29, 1.82) is 0 Å². The van der Waals surface area contributed by atoms with Crippen molar-refractivity contribution in [3.8, 4) is 22.5 Å². The van der Waals surface area contributed by atoms with Gasteiger partial charge in [0.15, 0.2) is 6.39 Å². The van der Waals surface area contributed by atoms with Gasteiger partial charge in [0.25, 0.3) is 5.91 Å². The van der Waals surface area contributed by atoms with Crippen molar-refractivity contribution in [2.24, 2.45) is 7.05 Å². The second-order valence-corrected chi connectivity index (χ2v) is 6.94. The number of nitrogens with zero attached hydrogens (tertiary/aromatic N) is 5. The van der Waals surface area contributed by atoms with Gasteiger partial charge in [-0.2, -0.15) is 5.10 Å². The van der Waals surface area contributed by atoms with Gasteiger partial charge in [-0.3, -0.25) is 14.5 Å². The molecular weight excluding hydrogens is 380 g/mol. The van der Waals surface area contributed by atoms with Crippen molar-refractivity contribution in [2.45, 2.75) is 6.54 Å². The second kappa shape index (κ2) is 7.32. The summed E-state index contributed by atoms with van der Waals surface area (Å²) in [7, 11) is 1.88. The number of rotatable bonds is 5. The molecule has 1 N–H and O–H groups in total. The van der Waals surface area contributed by atoms with Crippen LogP contribution < -0.4 is 5.32 Å². The van der Waals surface area contributed by atoms with Gasteiger partial charge in [-0.15, -0.1) is 0 Å². The van der Waals surface area contributed by atoms with Crippen LogP contribution in [0.25, 0.3) is 28.0 Å². The summed E-state index contributed by atoms with van der Waals surface area (Å²) in [5.74, 6) is -0.191. The minimum Gasteiger partial charge on any atom is -0.451 e. The smallest absolute Gasteiger partial charge is 0.253 e. The molecule has 0 saturated carbocycles. The van der Waals surface area contributed by atoms with Crippen molar-refractivity contribution >= 4 is 11.4 Å². The monoisotopic (exact) mass is 398 g/mol. The number of aromatic nitrogens is 5. The third-order valence-corrected chi connectivity index (χ3v) is 4.90. The molecular formula is C22H18N6O2. The zero-order chi connectivity index (χ0) is 20.5. The highest BCUT2D eigenvalue weighted by Crippen LogP contribution is 2.29. The SMILES string of the molecule is Cn1cc(-c2ccc3cc(C(=O)NCc4cccnc4)c(-c4cocn4)n3c2)cn1. The average Bonchev–Trinajstić information content (AvgIpc) is 3.51. The molecule has 0 fully saturated rings. The molecule has 0 aliphatic rings. The highest BCUT2D eigenvalue weighted by Gasteiger charge is 2.20. The van der Waals surface area contributed by atoms with Crippen LogP contribution >= 0.6 is 0 Å². The molecule has 0 saturated heterocycles. The molecule has 0 unspecified atom stereocenters. The average molecular weight is 398 g/mol. The fraction of sp³-hybridized carbons (Fsp3) is 0.0909. The lowest BCUT2D eigenvalue weighted by molar-refractivity contribution is 0.0951. The molecule has 0 spiro atoms. The van der Waals surface area contributed by atoms with Crippen LogP contribution in [0.2, 0.25) is 0 Å². The van der Waals surface area contributed by atoms with E-state index in [9.17, 15) is 4.79 Å². The van der Waals surface area contributed by atoms with Crippen LogP contribution in [0.3, 0.4) is 0 Å². The van der Waals surface area contributed by atoms with Crippen molar-refractivity contribution in [2.75, 3.05) is 0 Å². The molecule has 30 heavy (non-hydrogen) atoms. The van der Waals surface area contributed by atoms with Crippen LogP contribution in [0.4, 0.5) is 0 Å². The van der Waals surface area contributed by atoms with E-state index in [0.29, 0.717) is 23.5 Å². The molecule has 5 aromatic heterocycles. The maximum absolute atomic E-state index is 13.0. The molecule has 5 aromatic rings. The van der Waals surface area contributed by atoms with Gasteiger partial charge in [-0.1, -0.05) is 12.1 Å². The van der Waals surface area contributed by atoms with E-state index in [0.717, 1.165) is 22.2 Å². The summed E-state index contributed by atoms with van der Waals surface area (Å²) in [6.07, 6.45) is 12.1. The zero-order valence-electron chi connectivity index (χ0n) is 16.2. The lowest BCUT2D eigenvalue weighted by Gasteiger charge is -2.07. The minimum atomic E-state index is -0.191. The quantitative estimate of drug-likeness (QED) is 0.490. The van der Waals surface area contributed by atoms with Crippen molar-refractivity contribution in [1.82, 2.24) is 29.5 Å². The summed E-state index contributed by atoms with van der Waals surface area (Å²) >= 11 is 0. The van der Waals surface area contributed by atoms with Gasteiger partial charge in [0, 0.05) is 55.0 Å². The van der Waals surface area contributed by atoms with E-state index in [-0.39, 0.29) is 5.91 Å². The van der Waals surface area contributed by atoms with Gasteiger partial charge >= 0.3 is 0 Å². The highest BCUT2D eigenvalue weighted by molar-refractivity contribution is 6.02. The van der Waals surface area contributed by atoms with Crippen LogP contribution in [0.15, 0.2) is 78.4 Å². The zero-order valence-corrected chi connectivity index (χ0v) is 16.2. The van der Waals surface area contributed by atoms with E-state index >= 15 is 0 Å². The number of amides is 1. The summed E-state index contributed by atoms with van der Waals surface area (Å²) in [5.41, 5.74) is 5.57. The molecule has 0 atom stereocenters. The lowest BCUT2D eigenvalue weighted by Crippen LogP contribution is -2.23. The first kappa shape index (κ1) is 17.9. The molecule has 8 heteroatoms.